The Morgan fingerprint density at radius 3 is 2.53 bits per heavy atom. The third kappa shape index (κ3) is 3.99. The summed E-state index contributed by atoms with van der Waals surface area (Å²) in [5, 5.41) is 8.92. The van der Waals surface area contributed by atoms with Crippen LogP contribution in [0.25, 0.3) is 10.8 Å². The number of hydrogen-bond donors (Lipinski definition) is 2. The molecule has 156 valence electrons. The van der Waals surface area contributed by atoms with Crippen LogP contribution in [-0.4, -0.2) is 11.8 Å². The molecule has 30 heavy (non-hydrogen) atoms. The maximum atomic E-state index is 13.5. The standard InChI is InChI=1S/C25H28N2O2S/c1-15-12-13-18-20(14-15)30-23(27-24(29)25(2,3)4)21(18)22(28)26-19-11-7-9-16-8-5-6-10-17(16)19/h5-11,15H,12-14H2,1-4H3,(H,26,28)(H,27,29)/t15-/m1/s1. The van der Waals surface area contributed by atoms with Gasteiger partial charge in [-0.15, -0.1) is 11.3 Å². The third-order valence-corrected chi connectivity index (χ3v) is 6.85. The Balaban J connectivity index is 1.73. The van der Waals surface area contributed by atoms with Crippen LogP contribution in [0.15, 0.2) is 42.5 Å². The molecule has 0 unspecified atom stereocenters. The van der Waals surface area contributed by atoms with Crippen molar-refractivity contribution in [3.8, 4) is 0 Å². The van der Waals surface area contributed by atoms with Crippen LogP contribution in [0, 0.1) is 11.3 Å². The average Bonchev–Trinajstić information content (AvgIpc) is 3.04. The van der Waals surface area contributed by atoms with E-state index in [0.29, 0.717) is 16.5 Å². The average molecular weight is 421 g/mol. The van der Waals surface area contributed by atoms with Gasteiger partial charge in [-0.05, 0) is 42.2 Å². The Kier molecular flexibility index (Phi) is 5.41. The molecule has 1 aliphatic rings. The van der Waals surface area contributed by atoms with Crippen molar-refractivity contribution in [2.45, 2.75) is 47.0 Å². The molecule has 0 bridgehead atoms. The fraction of sp³-hybridized carbons (Fsp3) is 0.360. The molecule has 0 aliphatic heterocycles. The Morgan fingerprint density at radius 2 is 1.77 bits per heavy atom. The lowest BCUT2D eigenvalue weighted by Crippen LogP contribution is -2.28. The summed E-state index contributed by atoms with van der Waals surface area (Å²) < 4.78 is 0. The Hall–Kier alpha value is -2.66. The van der Waals surface area contributed by atoms with E-state index >= 15 is 0 Å². The van der Waals surface area contributed by atoms with Crippen molar-refractivity contribution in [3.63, 3.8) is 0 Å². The van der Waals surface area contributed by atoms with Crippen LogP contribution in [0.2, 0.25) is 0 Å². The first kappa shape index (κ1) is 20.6. The highest BCUT2D eigenvalue weighted by Crippen LogP contribution is 2.40. The van der Waals surface area contributed by atoms with Crippen LogP contribution in [0.4, 0.5) is 10.7 Å². The van der Waals surface area contributed by atoms with Crippen molar-refractivity contribution >= 4 is 44.6 Å². The first-order valence-electron chi connectivity index (χ1n) is 10.5. The maximum Gasteiger partial charge on any atom is 0.258 e. The fourth-order valence-corrected chi connectivity index (χ4v) is 5.29. The SMILES string of the molecule is C[C@@H]1CCc2c(sc(NC(=O)C(C)(C)C)c2C(=O)Nc2cccc3ccccc23)C1. The largest absolute Gasteiger partial charge is 0.321 e. The fourth-order valence-electron chi connectivity index (χ4n) is 3.89. The van der Waals surface area contributed by atoms with Crippen LogP contribution < -0.4 is 10.6 Å². The van der Waals surface area contributed by atoms with Gasteiger partial charge in [0, 0.05) is 21.4 Å². The highest BCUT2D eigenvalue weighted by atomic mass is 32.1. The van der Waals surface area contributed by atoms with Crippen molar-refractivity contribution in [1.82, 2.24) is 0 Å². The molecule has 2 N–H and O–H groups in total. The molecular formula is C25H28N2O2S. The van der Waals surface area contributed by atoms with Gasteiger partial charge in [0.05, 0.1) is 5.56 Å². The molecule has 4 rings (SSSR count). The summed E-state index contributed by atoms with van der Waals surface area (Å²) in [6.07, 6.45) is 2.89. The number of rotatable bonds is 3. The van der Waals surface area contributed by atoms with Crippen molar-refractivity contribution in [3.05, 3.63) is 58.5 Å². The molecule has 2 aromatic carbocycles. The van der Waals surface area contributed by atoms with Crippen LogP contribution in [-0.2, 0) is 17.6 Å². The van der Waals surface area contributed by atoms with E-state index in [0.717, 1.165) is 41.3 Å². The molecular weight excluding hydrogens is 392 g/mol. The van der Waals surface area contributed by atoms with E-state index in [9.17, 15) is 9.59 Å². The molecule has 1 atom stereocenters. The van der Waals surface area contributed by atoms with Gasteiger partial charge in [-0.1, -0.05) is 64.1 Å². The maximum absolute atomic E-state index is 13.5. The van der Waals surface area contributed by atoms with Crippen molar-refractivity contribution in [2.24, 2.45) is 11.3 Å². The van der Waals surface area contributed by atoms with Crippen molar-refractivity contribution in [1.29, 1.82) is 0 Å². The summed E-state index contributed by atoms with van der Waals surface area (Å²) >= 11 is 1.56. The minimum Gasteiger partial charge on any atom is -0.321 e. The Bertz CT molecular complexity index is 1120. The van der Waals surface area contributed by atoms with Crippen molar-refractivity contribution in [2.75, 3.05) is 10.6 Å². The second-order valence-electron chi connectivity index (χ2n) is 9.24. The number of amides is 2. The molecule has 0 radical (unpaired) electrons. The predicted octanol–water partition coefficient (Wildman–Crippen LogP) is 6.26. The number of nitrogens with one attached hydrogen (secondary N) is 2. The molecule has 5 heteroatoms. The van der Waals surface area contributed by atoms with Crippen LogP contribution in [0.3, 0.4) is 0 Å². The molecule has 0 fully saturated rings. The lowest BCUT2D eigenvalue weighted by molar-refractivity contribution is -0.123. The van der Waals surface area contributed by atoms with Gasteiger partial charge in [-0.25, -0.2) is 0 Å². The number of hydrogen-bond acceptors (Lipinski definition) is 3. The van der Waals surface area contributed by atoms with Gasteiger partial charge in [0.2, 0.25) is 5.91 Å². The topological polar surface area (TPSA) is 58.2 Å². The number of fused-ring (bicyclic) bond motifs is 2. The molecule has 3 aromatic rings. The third-order valence-electron chi connectivity index (χ3n) is 5.68. The smallest absolute Gasteiger partial charge is 0.258 e. The Morgan fingerprint density at radius 1 is 1.03 bits per heavy atom. The quantitative estimate of drug-likeness (QED) is 0.525. The zero-order chi connectivity index (χ0) is 21.5. The van der Waals surface area contributed by atoms with Crippen LogP contribution in [0.1, 0.15) is 54.9 Å². The van der Waals surface area contributed by atoms with E-state index in [1.54, 1.807) is 11.3 Å². The van der Waals surface area contributed by atoms with E-state index in [-0.39, 0.29) is 11.8 Å². The second kappa shape index (κ2) is 7.88. The highest BCUT2D eigenvalue weighted by Gasteiger charge is 2.30. The summed E-state index contributed by atoms with van der Waals surface area (Å²) in [6, 6.07) is 13.9. The number of carbonyl (C=O) groups is 2. The van der Waals surface area contributed by atoms with E-state index in [4.69, 9.17) is 0 Å². The lowest BCUT2D eigenvalue weighted by Gasteiger charge is -2.19. The lowest BCUT2D eigenvalue weighted by atomic mass is 9.88. The molecule has 0 saturated carbocycles. The summed E-state index contributed by atoms with van der Waals surface area (Å²) in [5.74, 6) is 0.368. The van der Waals surface area contributed by atoms with Crippen LogP contribution >= 0.6 is 11.3 Å². The van der Waals surface area contributed by atoms with Crippen LogP contribution in [0.5, 0.6) is 0 Å². The number of carbonyl (C=O) groups excluding carboxylic acids is 2. The van der Waals surface area contributed by atoms with E-state index in [1.165, 1.54) is 4.88 Å². The normalized spacial score (nSPS) is 16.2. The van der Waals surface area contributed by atoms with E-state index < -0.39 is 5.41 Å². The Labute approximate surface area is 181 Å². The monoisotopic (exact) mass is 420 g/mol. The van der Waals surface area contributed by atoms with Gasteiger partial charge in [-0.3, -0.25) is 9.59 Å². The number of anilines is 2. The number of benzene rings is 2. The van der Waals surface area contributed by atoms with Gasteiger partial charge in [0.15, 0.2) is 0 Å². The number of thiophene rings is 1. The van der Waals surface area contributed by atoms with Gasteiger partial charge in [0.1, 0.15) is 5.00 Å². The molecule has 2 amide bonds. The zero-order valence-electron chi connectivity index (χ0n) is 18.0. The summed E-state index contributed by atoms with van der Waals surface area (Å²) in [7, 11) is 0. The minimum atomic E-state index is -0.527. The first-order valence-corrected chi connectivity index (χ1v) is 11.3. The predicted molar refractivity (Wildman–Crippen MR) is 125 cm³/mol. The van der Waals surface area contributed by atoms with Gasteiger partial charge >= 0.3 is 0 Å². The summed E-state index contributed by atoms with van der Waals surface area (Å²) in [5.41, 5.74) is 1.99. The summed E-state index contributed by atoms with van der Waals surface area (Å²) in [6.45, 7) is 7.89. The molecule has 1 aliphatic carbocycles. The van der Waals surface area contributed by atoms with Gasteiger partial charge in [-0.2, -0.15) is 0 Å². The van der Waals surface area contributed by atoms with E-state index in [1.807, 2.05) is 63.2 Å². The van der Waals surface area contributed by atoms with E-state index in [2.05, 4.69) is 17.6 Å². The molecule has 1 aromatic heterocycles. The zero-order valence-corrected chi connectivity index (χ0v) is 18.8. The first-order chi connectivity index (χ1) is 14.2. The molecule has 1 heterocycles. The molecule has 0 saturated heterocycles. The summed E-state index contributed by atoms with van der Waals surface area (Å²) in [4.78, 5) is 27.4. The molecule has 0 spiro atoms. The minimum absolute atomic E-state index is 0.0756. The molecule has 4 nitrogen and oxygen atoms in total. The van der Waals surface area contributed by atoms with Crippen molar-refractivity contribution < 1.29 is 9.59 Å². The highest BCUT2D eigenvalue weighted by molar-refractivity contribution is 7.17. The van der Waals surface area contributed by atoms with Gasteiger partial charge < -0.3 is 10.6 Å². The van der Waals surface area contributed by atoms with Gasteiger partial charge in [0.25, 0.3) is 5.91 Å². The second-order valence-corrected chi connectivity index (χ2v) is 10.3.